The summed E-state index contributed by atoms with van der Waals surface area (Å²) in [5.74, 6) is 0. The van der Waals surface area contributed by atoms with Crippen molar-refractivity contribution in [3.05, 3.63) is 0 Å². The molecule has 1 saturated carbocycles. The number of hydrogen-bond donors (Lipinski definition) is 1. The number of ether oxygens (including phenoxy) is 2. The molecular formula is C12H25NO2. The molecule has 1 fully saturated rings. The summed E-state index contributed by atoms with van der Waals surface area (Å²) >= 11 is 0. The van der Waals surface area contributed by atoms with E-state index in [4.69, 9.17) is 15.2 Å². The van der Waals surface area contributed by atoms with Gasteiger partial charge in [0.2, 0.25) is 0 Å². The van der Waals surface area contributed by atoms with E-state index in [1.165, 1.54) is 25.7 Å². The van der Waals surface area contributed by atoms with Crippen LogP contribution >= 0.6 is 0 Å². The molecule has 2 atom stereocenters. The van der Waals surface area contributed by atoms with Gasteiger partial charge in [0.15, 0.2) is 0 Å². The molecule has 2 N–H and O–H groups in total. The van der Waals surface area contributed by atoms with Gasteiger partial charge in [0.05, 0.1) is 13.2 Å². The SMILES string of the molecule is COCCOCCCC1(C)CCC(N)C1. The molecule has 0 radical (unpaired) electrons. The summed E-state index contributed by atoms with van der Waals surface area (Å²) in [6, 6.07) is 0.435. The van der Waals surface area contributed by atoms with E-state index in [9.17, 15) is 0 Å². The monoisotopic (exact) mass is 215 g/mol. The molecule has 2 unspecified atom stereocenters. The van der Waals surface area contributed by atoms with Crippen molar-refractivity contribution in [2.45, 2.75) is 45.1 Å². The van der Waals surface area contributed by atoms with E-state index >= 15 is 0 Å². The molecule has 0 aromatic heterocycles. The third-order valence-corrected chi connectivity index (χ3v) is 3.37. The normalized spacial score (nSPS) is 31.0. The molecule has 0 aliphatic heterocycles. The fourth-order valence-electron chi connectivity index (χ4n) is 2.44. The van der Waals surface area contributed by atoms with Crippen molar-refractivity contribution in [2.75, 3.05) is 26.9 Å². The highest BCUT2D eigenvalue weighted by molar-refractivity contribution is 4.87. The van der Waals surface area contributed by atoms with Gasteiger partial charge in [-0.15, -0.1) is 0 Å². The Balaban J connectivity index is 2.00. The van der Waals surface area contributed by atoms with Crippen LogP contribution in [0, 0.1) is 5.41 Å². The van der Waals surface area contributed by atoms with E-state index in [1.807, 2.05) is 0 Å². The molecule has 15 heavy (non-hydrogen) atoms. The largest absolute Gasteiger partial charge is 0.382 e. The van der Waals surface area contributed by atoms with Crippen LogP contribution in [0.4, 0.5) is 0 Å². The predicted molar refractivity (Wildman–Crippen MR) is 61.9 cm³/mol. The minimum atomic E-state index is 0.435. The maximum absolute atomic E-state index is 5.93. The standard InChI is InChI=1S/C12H25NO2/c1-12(6-4-11(13)10-12)5-3-7-15-9-8-14-2/h11H,3-10,13H2,1-2H3. The highest BCUT2D eigenvalue weighted by Gasteiger charge is 2.32. The molecule has 0 saturated heterocycles. The van der Waals surface area contributed by atoms with Crippen LogP contribution in [0.2, 0.25) is 0 Å². The Labute approximate surface area is 93.3 Å². The Morgan fingerprint density at radius 1 is 1.33 bits per heavy atom. The van der Waals surface area contributed by atoms with E-state index in [2.05, 4.69) is 6.92 Å². The maximum Gasteiger partial charge on any atom is 0.0700 e. The van der Waals surface area contributed by atoms with Crippen LogP contribution in [0.1, 0.15) is 39.0 Å². The summed E-state index contributed by atoms with van der Waals surface area (Å²) in [5, 5.41) is 0. The first-order chi connectivity index (χ1) is 7.16. The van der Waals surface area contributed by atoms with Crippen LogP contribution in [-0.4, -0.2) is 33.0 Å². The van der Waals surface area contributed by atoms with Gasteiger partial charge < -0.3 is 15.2 Å². The van der Waals surface area contributed by atoms with E-state index in [0.29, 0.717) is 24.7 Å². The molecule has 0 spiro atoms. The van der Waals surface area contributed by atoms with Gasteiger partial charge in [-0.1, -0.05) is 6.92 Å². The van der Waals surface area contributed by atoms with Crippen molar-refractivity contribution >= 4 is 0 Å². The number of rotatable bonds is 7. The van der Waals surface area contributed by atoms with Gasteiger partial charge in [-0.2, -0.15) is 0 Å². The predicted octanol–water partition coefficient (Wildman–Crippen LogP) is 1.95. The lowest BCUT2D eigenvalue weighted by molar-refractivity contribution is 0.0643. The number of methoxy groups -OCH3 is 1. The zero-order valence-corrected chi connectivity index (χ0v) is 10.1. The van der Waals surface area contributed by atoms with Gasteiger partial charge in [0, 0.05) is 19.8 Å². The summed E-state index contributed by atoms with van der Waals surface area (Å²) in [5.41, 5.74) is 6.41. The maximum atomic E-state index is 5.93. The summed E-state index contributed by atoms with van der Waals surface area (Å²) < 4.78 is 10.4. The van der Waals surface area contributed by atoms with Crippen molar-refractivity contribution in [1.29, 1.82) is 0 Å². The zero-order valence-electron chi connectivity index (χ0n) is 10.1. The van der Waals surface area contributed by atoms with Crippen LogP contribution in [0.15, 0.2) is 0 Å². The average molecular weight is 215 g/mol. The van der Waals surface area contributed by atoms with Gasteiger partial charge in [-0.05, 0) is 37.5 Å². The molecule has 1 rings (SSSR count). The lowest BCUT2D eigenvalue weighted by Gasteiger charge is -2.23. The summed E-state index contributed by atoms with van der Waals surface area (Å²) in [6.07, 6.45) is 6.05. The van der Waals surface area contributed by atoms with E-state index < -0.39 is 0 Å². The van der Waals surface area contributed by atoms with Crippen molar-refractivity contribution in [1.82, 2.24) is 0 Å². The van der Waals surface area contributed by atoms with Crippen molar-refractivity contribution in [3.8, 4) is 0 Å². The molecule has 1 aliphatic rings. The highest BCUT2D eigenvalue weighted by atomic mass is 16.5. The minimum absolute atomic E-state index is 0.435. The lowest BCUT2D eigenvalue weighted by Crippen LogP contribution is -2.19. The smallest absolute Gasteiger partial charge is 0.0700 e. The van der Waals surface area contributed by atoms with Crippen LogP contribution in [0.25, 0.3) is 0 Å². The van der Waals surface area contributed by atoms with E-state index in [1.54, 1.807) is 7.11 Å². The van der Waals surface area contributed by atoms with Crippen LogP contribution < -0.4 is 5.73 Å². The molecule has 0 amide bonds. The van der Waals surface area contributed by atoms with Crippen LogP contribution in [-0.2, 0) is 9.47 Å². The molecule has 3 heteroatoms. The second-order valence-corrected chi connectivity index (χ2v) is 5.02. The van der Waals surface area contributed by atoms with Crippen LogP contribution in [0.3, 0.4) is 0 Å². The van der Waals surface area contributed by atoms with Gasteiger partial charge in [0.1, 0.15) is 0 Å². The van der Waals surface area contributed by atoms with Crippen LogP contribution in [0.5, 0.6) is 0 Å². The Morgan fingerprint density at radius 2 is 2.13 bits per heavy atom. The summed E-state index contributed by atoms with van der Waals surface area (Å²) in [6.45, 7) is 4.62. The second kappa shape index (κ2) is 6.46. The van der Waals surface area contributed by atoms with Gasteiger partial charge in [-0.3, -0.25) is 0 Å². The molecule has 0 bridgehead atoms. The third-order valence-electron chi connectivity index (χ3n) is 3.37. The third kappa shape index (κ3) is 4.96. The first kappa shape index (κ1) is 12.9. The lowest BCUT2D eigenvalue weighted by atomic mass is 9.84. The molecule has 0 heterocycles. The number of hydrogen-bond acceptors (Lipinski definition) is 3. The average Bonchev–Trinajstić information content (AvgIpc) is 2.53. The van der Waals surface area contributed by atoms with E-state index in [0.717, 1.165) is 13.0 Å². The second-order valence-electron chi connectivity index (χ2n) is 5.02. The Kier molecular flexibility index (Phi) is 5.58. The molecule has 0 aromatic rings. The molecule has 1 aliphatic carbocycles. The van der Waals surface area contributed by atoms with Crippen molar-refractivity contribution in [3.63, 3.8) is 0 Å². The number of nitrogens with two attached hydrogens (primary N) is 1. The molecule has 3 nitrogen and oxygen atoms in total. The summed E-state index contributed by atoms with van der Waals surface area (Å²) in [7, 11) is 1.70. The molecular weight excluding hydrogens is 190 g/mol. The van der Waals surface area contributed by atoms with Gasteiger partial charge in [0.25, 0.3) is 0 Å². The topological polar surface area (TPSA) is 44.5 Å². The fraction of sp³-hybridized carbons (Fsp3) is 1.00. The van der Waals surface area contributed by atoms with Crippen molar-refractivity contribution < 1.29 is 9.47 Å². The highest BCUT2D eigenvalue weighted by Crippen LogP contribution is 2.40. The summed E-state index contributed by atoms with van der Waals surface area (Å²) in [4.78, 5) is 0. The first-order valence-electron chi connectivity index (χ1n) is 5.98. The Bertz CT molecular complexity index is 175. The zero-order chi connectivity index (χ0) is 11.1. The fourth-order valence-corrected chi connectivity index (χ4v) is 2.44. The first-order valence-corrected chi connectivity index (χ1v) is 5.98. The molecule has 90 valence electrons. The van der Waals surface area contributed by atoms with Gasteiger partial charge in [-0.25, -0.2) is 0 Å². The van der Waals surface area contributed by atoms with E-state index in [-0.39, 0.29) is 0 Å². The van der Waals surface area contributed by atoms with Crippen molar-refractivity contribution in [2.24, 2.45) is 11.1 Å². The van der Waals surface area contributed by atoms with Gasteiger partial charge >= 0.3 is 0 Å². The quantitative estimate of drug-likeness (QED) is 0.660. The minimum Gasteiger partial charge on any atom is -0.382 e. The Morgan fingerprint density at radius 3 is 2.73 bits per heavy atom. The Hall–Kier alpha value is -0.120. The molecule has 0 aromatic carbocycles.